The van der Waals surface area contributed by atoms with Crippen LogP contribution in [0.5, 0.6) is 0 Å². The van der Waals surface area contributed by atoms with E-state index in [0.29, 0.717) is 12.5 Å². The van der Waals surface area contributed by atoms with E-state index in [0.717, 1.165) is 62.4 Å². The second kappa shape index (κ2) is 20.3. The van der Waals surface area contributed by atoms with Crippen molar-refractivity contribution in [3.63, 3.8) is 0 Å². The number of aryl methyl sites for hydroxylation is 1. The molecule has 4 heteroatoms. The lowest BCUT2D eigenvalue weighted by molar-refractivity contribution is -0.139. The third kappa shape index (κ3) is 12.9. The van der Waals surface area contributed by atoms with E-state index in [1.54, 1.807) is 12.7 Å². The normalized spacial score (nSPS) is 23.4. The van der Waals surface area contributed by atoms with Crippen molar-refractivity contribution in [3.8, 4) is 0 Å². The van der Waals surface area contributed by atoms with Crippen molar-refractivity contribution in [2.45, 2.75) is 135 Å². The zero-order valence-electron chi connectivity index (χ0n) is 27.1. The number of rotatable bonds is 20. The molecule has 4 nitrogen and oxygen atoms in total. The molecule has 1 unspecified atom stereocenters. The number of esters is 1. The minimum atomic E-state index is -0.498. The number of carbonyl (C=O) groups is 1. The number of carbonyl (C=O) groups excluding carboxylic acids is 1. The van der Waals surface area contributed by atoms with E-state index in [9.17, 15) is 4.79 Å². The Bertz CT molecular complexity index is 862. The van der Waals surface area contributed by atoms with Crippen LogP contribution < -0.4 is 0 Å². The molecule has 0 radical (unpaired) electrons. The summed E-state index contributed by atoms with van der Waals surface area (Å²) in [5.74, 6) is 3.73. The highest BCUT2D eigenvalue weighted by atomic mass is 16.5. The predicted molar refractivity (Wildman–Crippen MR) is 175 cm³/mol. The Morgan fingerprint density at radius 3 is 2.02 bits per heavy atom. The number of hydrogen-bond acceptors (Lipinski definition) is 4. The van der Waals surface area contributed by atoms with E-state index in [1.165, 1.54) is 95.5 Å². The molecule has 1 aromatic rings. The van der Waals surface area contributed by atoms with Crippen LogP contribution in [0.4, 0.5) is 0 Å². The molecule has 0 aliphatic heterocycles. The molecule has 2 aliphatic rings. The number of aliphatic hydroxyl groups is 1. The number of ether oxygens (including phenoxy) is 2. The van der Waals surface area contributed by atoms with Gasteiger partial charge >= 0.3 is 5.97 Å². The monoisotopic (exact) mass is 582 g/mol. The summed E-state index contributed by atoms with van der Waals surface area (Å²) in [5.41, 5.74) is 3.08. The maximum atomic E-state index is 11.7. The van der Waals surface area contributed by atoms with Crippen molar-refractivity contribution in [1.29, 1.82) is 0 Å². The zero-order chi connectivity index (χ0) is 30.0. The van der Waals surface area contributed by atoms with E-state index >= 15 is 0 Å². The molecule has 238 valence electrons. The average molecular weight is 583 g/mol. The fourth-order valence-electron chi connectivity index (χ4n) is 7.50. The van der Waals surface area contributed by atoms with E-state index < -0.39 is 5.97 Å². The van der Waals surface area contributed by atoms with Gasteiger partial charge in [-0.3, -0.25) is 0 Å². The molecule has 0 spiro atoms. The van der Waals surface area contributed by atoms with E-state index in [2.05, 4.69) is 37.8 Å². The van der Waals surface area contributed by atoms with Crippen molar-refractivity contribution >= 4 is 5.97 Å². The lowest BCUT2D eigenvalue weighted by atomic mass is 9.74. The molecular weight excluding hydrogens is 520 g/mol. The van der Waals surface area contributed by atoms with Gasteiger partial charge in [0.2, 0.25) is 0 Å². The molecule has 0 saturated heterocycles. The quantitative estimate of drug-likeness (QED) is 0.0945. The van der Waals surface area contributed by atoms with E-state index in [-0.39, 0.29) is 12.2 Å². The zero-order valence-corrected chi connectivity index (χ0v) is 27.1. The maximum Gasteiger partial charge on any atom is 0.335 e. The maximum absolute atomic E-state index is 11.7. The Kier molecular flexibility index (Phi) is 16.9. The van der Waals surface area contributed by atoms with Crippen molar-refractivity contribution in [2.75, 3.05) is 26.9 Å². The minimum Gasteiger partial charge on any atom is -0.462 e. The molecule has 0 heterocycles. The lowest BCUT2D eigenvalue weighted by Crippen LogP contribution is -2.17. The van der Waals surface area contributed by atoms with E-state index in [1.807, 2.05) is 0 Å². The molecule has 2 fully saturated rings. The van der Waals surface area contributed by atoms with Gasteiger partial charge < -0.3 is 14.6 Å². The van der Waals surface area contributed by atoms with Gasteiger partial charge in [0.1, 0.15) is 0 Å². The van der Waals surface area contributed by atoms with Crippen LogP contribution in [0.2, 0.25) is 0 Å². The number of benzene rings is 1. The summed E-state index contributed by atoms with van der Waals surface area (Å²) in [6.07, 6.45) is 25.4. The van der Waals surface area contributed by atoms with Gasteiger partial charge in [-0.25, -0.2) is 4.79 Å². The molecule has 1 atom stereocenters. The smallest absolute Gasteiger partial charge is 0.335 e. The highest BCUT2D eigenvalue weighted by Crippen LogP contribution is 2.40. The van der Waals surface area contributed by atoms with Crippen LogP contribution in [0, 0.1) is 23.7 Å². The number of hydrogen-bond donors (Lipinski definition) is 1. The Morgan fingerprint density at radius 1 is 0.833 bits per heavy atom. The molecule has 42 heavy (non-hydrogen) atoms. The van der Waals surface area contributed by atoms with Crippen LogP contribution in [-0.2, 0) is 20.7 Å². The summed E-state index contributed by atoms with van der Waals surface area (Å²) in [5, 5.41) is 9.03. The molecule has 0 aromatic heterocycles. The molecule has 1 aromatic carbocycles. The third-order valence-corrected chi connectivity index (χ3v) is 10.5. The summed E-state index contributed by atoms with van der Waals surface area (Å²) in [6, 6.07) is 9.50. The molecule has 1 N–H and O–H groups in total. The van der Waals surface area contributed by atoms with Crippen molar-refractivity contribution in [2.24, 2.45) is 23.7 Å². The molecule has 2 saturated carbocycles. The van der Waals surface area contributed by atoms with Crippen molar-refractivity contribution < 1.29 is 19.4 Å². The van der Waals surface area contributed by atoms with Gasteiger partial charge in [0.05, 0.1) is 18.8 Å². The first kappa shape index (κ1) is 34.8. The first-order valence-electron chi connectivity index (χ1n) is 17.6. The van der Waals surface area contributed by atoms with Gasteiger partial charge in [-0.05, 0) is 98.5 Å². The number of methoxy groups -OCH3 is 1. The molecule has 0 amide bonds. The Hall–Kier alpha value is -1.65. The van der Waals surface area contributed by atoms with E-state index in [4.69, 9.17) is 14.6 Å². The SMILES string of the molecule is C=C(CO)C(=O)OCCC(CCCc1ccc(C2CCC(CCC3CCC(CCCCC)CC3)CC2)cc1)CCOC. The minimum absolute atomic E-state index is 0.112. The van der Waals surface area contributed by atoms with Crippen LogP contribution in [-0.4, -0.2) is 38.0 Å². The standard InChI is InChI=1S/C38H62O4/c1-4-5-6-8-31-11-13-34(14-12-31)15-16-35-19-23-37(24-20-35)36-21-17-32(18-22-36)9-7-10-33(25-27-41-3)26-28-42-38(40)30(2)29-39/h17-18,21-22,31,33-35,37,39H,2,4-16,19-20,23-29H2,1,3H3. The summed E-state index contributed by atoms with van der Waals surface area (Å²) in [6.45, 7) is 6.58. The largest absolute Gasteiger partial charge is 0.462 e. The van der Waals surface area contributed by atoms with Crippen molar-refractivity contribution in [3.05, 3.63) is 47.5 Å². The highest BCUT2D eigenvalue weighted by molar-refractivity contribution is 5.87. The number of unbranched alkanes of at least 4 members (excludes halogenated alkanes) is 2. The molecule has 0 bridgehead atoms. The average Bonchev–Trinajstić information content (AvgIpc) is 3.03. The van der Waals surface area contributed by atoms with Gasteiger partial charge in [0.25, 0.3) is 0 Å². The number of aliphatic hydroxyl groups excluding tert-OH is 1. The first-order valence-corrected chi connectivity index (χ1v) is 17.6. The summed E-state index contributed by atoms with van der Waals surface area (Å²) >= 11 is 0. The second-order valence-electron chi connectivity index (χ2n) is 13.6. The molecule has 2 aliphatic carbocycles. The third-order valence-electron chi connectivity index (χ3n) is 10.5. The van der Waals surface area contributed by atoms with Crippen LogP contribution in [0.25, 0.3) is 0 Å². The van der Waals surface area contributed by atoms with Crippen LogP contribution in [0.3, 0.4) is 0 Å². The highest BCUT2D eigenvalue weighted by Gasteiger charge is 2.25. The first-order chi connectivity index (χ1) is 20.5. The molecular formula is C38H62O4. The second-order valence-corrected chi connectivity index (χ2v) is 13.6. The topological polar surface area (TPSA) is 55.8 Å². The lowest BCUT2D eigenvalue weighted by Gasteiger charge is -2.32. The summed E-state index contributed by atoms with van der Waals surface area (Å²) in [4.78, 5) is 11.7. The van der Waals surface area contributed by atoms with Crippen LogP contribution in [0.15, 0.2) is 36.4 Å². The Balaban J connectivity index is 1.30. The Labute approximate surface area is 258 Å². The predicted octanol–water partition coefficient (Wildman–Crippen LogP) is 9.58. The van der Waals surface area contributed by atoms with Crippen LogP contribution >= 0.6 is 0 Å². The summed E-state index contributed by atoms with van der Waals surface area (Å²) < 4.78 is 10.6. The van der Waals surface area contributed by atoms with Gasteiger partial charge in [-0.2, -0.15) is 0 Å². The summed E-state index contributed by atoms with van der Waals surface area (Å²) in [7, 11) is 1.73. The van der Waals surface area contributed by atoms with Gasteiger partial charge in [0.15, 0.2) is 0 Å². The van der Waals surface area contributed by atoms with Gasteiger partial charge in [0, 0.05) is 13.7 Å². The Morgan fingerprint density at radius 2 is 1.43 bits per heavy atom. The fraction of sp³-hybridized carbons (Fsp3) is 0.763. The van der Waals surface area contributed by atoms with Crippen molar-refractivity contribution in [1.82, 2.24) is 0 Å². The van der Waals surface area contributed by atoms with Gasteiger partial charge in [-0.1, -0.05) is 102 Å². The molecule has 3 rings (SSSR count). The van der Waals surface area contributed by atoms with Gasteiger partial charge in [-0.15, -0.1) is 0 Å². The van der Waals surface area contributed by atoms with Crippen LogP contribution in [0.1, 0.15) is 140 Å². The fourth-order valence-corrected chi connectivity index (χ4v) is 7.50.